The molecule has 1 aliphatic carbocycles. The number of allylic oxidation sites excluding steroid dienone is 1. The first-order valence-corrected chi connectivity index (χ1v) is 8.85. The molecular formula is C20H26FNO3. The molecule has 0 aromatic heterocycles. The minimum atomic E-state index is -0.323. The molecule has 0 radical (unpaired) electrons. The zero-order valence-electron chi connectivity index (χ0n) is 14.8. The number of carbonyl (C=O) groups is 2. The number of nitrogens with zero attached hydrogens (tertiary/aromatic N) is 1. The lowest BCUT2D eigenvalue weighted by Crippen LogP contribution is -2.35. The van der Waals surface area contributed by atoms with E-state index in [1.807, 2.05) is 0 Å². The first-order chi connectivity index (χ1) is 12.1. The summed E-state index contributed by atoms with van der Waals surface area (Å²) < 4.78 is 17.7. The number of hydrogen-bond acceptors (Lipinski definition) is 3. The van der Waals surface area contributed by atoms with Gasteiger partial charge in [-0.25, -0.2) is 4.39 Å². The molecular weight excluding hydrogens is 321 g/mol. The van der Waals surface area contributed by atoms with Gasteiger partial charge in [0.15, 0.2) is 0 Å². The van der Waals surface area contributed by atoms with Crippen molar-refractivity contribution in [2.24, 2.45) is 0 Å². The quantitative estimate of drug-likeness (QED) is 0.533. The van der Waals surface area contributed by atoms with E-state index in [0.717, 1.165) is 24.8 Å². The fourth-order valence-electron chi connectivity index (χ4n) is 2.99. The van der Waals surface area contributed by atoms with Crippen molar-refractivity contribution in [1.82, 2.24) is 4.90 Å². The molecule has 136 valence electrons. The summed E-state index contributed by atoms with van der Waals surface area (Å²) in [5.41, 5.74) is 2.16. The Morgan fingerprint density at radius 1 is 1.16 bits per heavy atom. The second-order valence-corrected chi connectivity index (χ2v) is 6.37. The molecule has 1 aromatic rings. The molecule has 0 aliphatic heterocycles. The monoisotopic (exact) mass is 347 g/mol. The van der Waals surface area contributed by atoms with Gasteiger partial charge < -0.3 is 9.64 Å². The summed E-state index contributed by atoms with van der Waals surface area (Å²) >= 11 is 0. The molecule has 0 saturated carbocycles. The lowest BCUT2D eigenvalue weighted by Gasteiger charge is -2.24. The Balaban J connectivity index is 1.95. The highest BCUT2D eigenvalue weighted by atomic mass is 19.1. The predicted octanol–water partition coefficient (Wildman–Crippen LogP) is 3.65. The first kappa shape index (κ1) is 19.2. The zero-order valence-corrected chi connectivity index (χ0v) is 14.8. The number of esters is 1. The van der Waals surface area contributed by atoms with Crippen LogP contribution in [0.2, 0.25) is 0 Å². The molecule has 0 spiro atoms. The van der Waals surface area contributed by atoms with Gasteiger partial charge in [-0.1, -0.05) is 23.8 Å². The van der Waals surface area contributed by atoms with Crippen molar-refractivity contribution < 1.29 is 18.7 Å². The van der Waals surface area contributed by atoms with Crippen molar-refractivity contribution in [3.63, 3.8) is 0 Å². The fourth-order valence-corrected chi connectivity index (χ4v) is 2.99. The largest absolute Gasteiger partial charge is 0.469 e. The third-order valence-corrected chi connectivity index (χ3v) is 4.52. The zero-order chi connectivity index (χ0) is 18.1. The van der Waals surface area contributed by atoms with E-state index in [4.69, 9.17) is 0 Å². The minimum Gasteiger partial charge on any atom is -0.469 e. The maximum absolute atomic E-state index is 13.0. The van der Waals surface area contributed by atoms with Gasteiger partial charge in [-0.15, -0.1) is 0 Å². The van der Waals surface area contributed by atoms with E-state index in [2.05, 4.69) is 10.8 Å². The maximum atomic E-state index is 13.0. The number of methoxy groups -OCH3 is 1. The average Bonchev–Trinajstić information content (AvgIpc) is 2.64. The number of hydrogen-bond donors (Lipinski definition) is 0. The van der Waals surface area contributed by atoms with Gasteiger partial charge >= 0.3 is 5.97 Å². The van der Waals surface area contributed by atoms with Gasteiger partial charge in [-0.05, 0) is 49.8 Å². The molecule has 5 heteroatoms. The second-order valence-electron chi connectivity index (χ2n) is 6.37. The summed E-state index contributed by atoms with van der Waals surface area (Å²) in [5.74, 6) is -0.689. The summed E-state index contributed by atoms with van der Waals surface area (Å²) in [7, 11) is 1.35. The molecule has 0 heterocycles. The summed E-state index contributed by atoms with van der Waals surface area (Å²) in [6, 6.07) is 5.95. The van der Waals surface area contributed by atoms with Crippen LogP contribution >= 0.6 is 0 Å². The van der Waals surface area contributed by atoms with Crippen LogP contribution in [0.1, 0.15) is 44.1 Å². The van der Waals surface area contributed by atoms with Gasteiger partial charge in [0, 0.05) is 13.1 Å². The van der Waals surface area contributed by atoms with Crippen molar-refractivity contribution in [3.05, 3.63) is 47.3 Å². The number of benzene rings is 1. The van der Waals surface area contributed by atoms with E-state index in [1.165, 1.54) is 37.7 Å². The third-order valence-electron chi connectivity index (χ3n) is 4.52. The Labute approximate surface area is 148 Å². The van der Waals surface area contributed by atoms with Crippen molar-refractivity contribution in [2.45, 2.75) is 44.9 Å². The highest BCUT2D eigenvalue weighted by Gasteiger charge is 2.17. The molecule has 0 fully saturated rings. The number of carbonyl (C=O) groups excluding carboxylic acids is 2. The second kappa shape index (κ2) is 9.97. The van der Waals surface area contributed by atoms with Crippen molar-refractivity contribution >= 4 is 11.9 Å². The fraction of sp³-hybridized carbons (Fsp3) is 0.500. The number of amides is 1. The first-order valence-electron chi connectivity index (χ1n) is 8.85. The van der Waals surface area contributed by atoms with E-state index in [-0.39, 0.29) is 30.5 Å². The summed E-state index contributed by atoms with van der Waals surface area (Å²) in [6.07, 6.45) is 8.16. The van der Waals surface area contributed by atoms with E-state index in [1.54, 1.807) is 17.0 Å². The van der Waals surface area contributed by atoms with Gasteiger partial charge in [0.05, 0.1) is 20.0 Å². The standard InChI is InChI=1S/C20H26FNO3/c1-25-20(24)12-14-22(13-11-16-5-3-2-4-6-16)19(23)15-17-7-9-18(21)10-8-17/h5,7-10H,2-4,6,11-15H2,1H3. The van der Waals surface area contributed by atoms with Crippen molar-refractivity contribution in [1.29, 1.82) is 0 Å². The molecule has 25 heavy (non-hydrogen) atoms. The lowest BCUT2D eigenvalue weighted by molar-refractivity contribution is -0.141. The maximum Gasteiger partial charge on any atom is 0.307 e. The highest BCUT2D eigenvalue weighted by Crippen LogP contribution is 2.20. The number of halogens is 1. The third kappa shape index (κ3) is 6.69. The van der Waals surface area contributed by atoms with Crippen molar-refractivity contribution in [2.75, 3.05) is 20.2 Å². The summed E-state index contributed by atoms with van der Waals surface area (Å²) in [4.78, 5) is 25.8. The summed E-state index contributed by atoms with van der Waals surface area (Å²) in [5, 5.41) is 0. The van der Waals surface area contributed by atoms with Gasteiger partial charge in [-0.3, -0.25) is 9.59 Å². The topological polar surface area (TPSA) is 46.6 Å². The van der Waals surface area contributed by atoms with Crippen LogP contribution in [0.5, 0.6) is 0 Å². The predicted molar refractivity (Wildman–Crippen MR) is 94.5 cm³/mol. The molecule has 0 atom stereocenters. The minimum absolute atomic E-state index is 0.0491. The van der Waals surface area contributed by atoms with Crippen LogP contribution < -0.4 is 0 Å². The average molecular weight is 347 g/mol. The molecule has 1 amide bonds. The smallest absolute Gasteiger partial charge is 0.307 e. The van der Waals surface area contributed by atoms with Crippen molar-refractivity contribution in [3.8, 4) is 0 Å². The van der Waals surface area contributed by atoms with Crippen LogP contribution in [0, 0.1) is 5.82 Å². The Kier molecular flexibility index (Phi) is 7.64. The molecule has 4 nitrogen and oxygen atoms in total. The van der Waals surface area contributed by atoms with Gasteiger partial charge in [0.1, 0.15) is 5.82 Å². The van der Waals surface area contributed by atoms with Crippen LogP contribution in [0.25, 0.3) is 0 Å². The van der Waals surface area contributed by atoms with Crippen LogP contribution in [0.3, 0.4) is 0 Å². The Hall–Kier alpha value is -2.17. The molecule has 1 aromatic carbocycles. The van der Waals surface area contributed by atoms with E-state index in [9.17, 15) is 14.0 Å². The Morgan fingerprint density at radius 2 is 1.92 bits per heavy atom. The van der Waals surface area contributed by atoms with Gasteiger partial charge in [0.2, 0.25) is 5.91 Å². The lowest BCUT2D eigenvalue weighted by atomic mass is 9.97. The molecule has 0 unspecified atom stereocenters. The SMILES string of the molecule is COC(=O)CCN(CCC1=CCCCC1)C(=O)Cc1ccc(F)cc1. The van der Waals surface area contributed by atoms with Crippen LogP contribution in [-0.4, -0.2) is 37.0 Å². The molecule has 2 rings (SSSR count). The van der Waals surface area contributed by atoms with E-state index < -0.39 is 0 Å². The number of rotatable bonds is 8. The van der Waals surface area contributed by atoms with Gasteiger partial charge in [-0.2, -0.15) is 0 Å². The molecule has 0 saturated heterocycles. The number of ether oxygens (including phenoxy) is 1. The van der Waals surface area contributed by atoms with E-state index >= 15 is 0 Å². The van der Waals surface area contributed by atoms with Crippen LogP contribution in [0.4, 0.5) is 4.39 Å². The summed E-state index contributed by atoms with van der Waals surface area (Å²) in [6.45, 7) is 0.947. The molecule has 0 bridgehead atoms. The Bertz CT molecular complexity index is 610. The van der Waals surface area contributed by atoms with Gasteiger partial charge in [0.25, 0.3) is 0 Å². The van der Waals surface area contributed by atoms with Crippen LogP contribution in [0.15, 0.2) is 35.9 Å². The van der Waals surface area contributed by atoms with E-state index in [0.29, 0.717) is 13.1 Å². The normalized spacial score (nSPS) is 13.9. The molecule has 0 N–H and O–H groups in total. The highest BCUT2D eigenvalue weighted by molar-refractivity contribution is 5.79. The van der Waals surface area contributed by atoms with Crippen LogP contribution in [-0.2, 0) is 20.7 Å². The molecule has 1 aliphatic rings. The Morgan fingerprint density at radius 3 is 2.56 bits per heavy atom.